The molecular formula is C18H25ClN2O6. The van der Waals surface area contributed by atoms with Gasteiger partial charge in [0, 0.05) is 18.6 Å². The molecule has 0 spiro atoms. The zero-order valence-corrected chi connectivity index (χ0v) is 17.0. The van der Waals surface area contributed by atoms with Crippen LogP contribution in [0.5, 0.6) is 0 Å². The topological polar surface area (TPSA) is 108 Å². The largest absolute Gasteiger partial charge is 0.458 e. The van der Waals surface area contributed by atoms with E-state index in [0.717, 1.165) is 0 Å². The summed E-state index contributed by atoms with van der Waals surface area (Å²) in [6.45, 7) is 10.2. The number of alkyl carbamates (subject to hydrolysis) is 1. The van der Waals surface area contributed by atoms with Gasteiger partial charge in [0.1, 0.15) is 17.2 Å². The molecule has 1 atom stereocenters. The number of halogens is 1. The normalized spacial score (nSPS) is 12.9. The van der Waals surface area contributed by atoms with Gasteiger partial charge < -0.3 is 14.8 Å². The highest BCUT2D eigenvalue weighted by Crippen LogP contribution is 2.24. The molecule has 0 aliphatic heterocycles. The van der Waals surface area contributed by atoms with Gasteiger partial charge in [0.15, 0.2) is 0 Å². The van der Waals surface area contributed by atoms with Crippen molar-refractivity contribution in [2.75, 3.05) is 0 Å². The summed E-state index contributed by atoms with van der Waals surface area (Å²) in [5.41, 5.74) is -1.22. The van der Waals surface area contributed by atoms with E-state index in [0.29, 0.717) is 5.56 Å². The maximum Gasteiger partial charge on any atom is 0.408 e. The van der Waals surface area contributed by atoms with Crippen LogP contribution in [0.2, 0.25) is 5.02 Å². The summed E-state index contributed by atoms with van der Waals surface area (Å²) >= 11 is 6.10. The summed E-state index contributed by atoms with van der Waals surface area (Å²) in [6.07, 6.45) is -0.790. The maximum absolute atomic E-state index is 12.5. The van der Waals surface area contributed by atoms with Gasteiger partial charge in [-0.25, -0.2) is 9.59 Å². The zero-order valence-electron chi connectivity index (χ0n) is 16.3. The Bertz CT molecular complexity index is 722. The number of carbonyl (C=O) groups is 2. The third-order valence-electron chi connectivity index (χ3n) is 3.05. The van der Waals surface area contributed by atoms with E-state index < -0.39 is 34.2 Å². The second kappa shape index (κ2) is 8.56. The molecule has 1 rings (SSSR count). The number of amides is 1. The van der Waals surface area contributed by atoms with Crippen molar-refractivity contribution < 1.29 is 24.0 Å². The lowest BCUT2D eigenvalue weighted by atomic mass is 10.0. The van der Waals surface area contributed by atoms with Crippen LogP contribution in [0, 0.1) is 10.1 Å². The fourth-order valence-electron chi connectivity index (χ4n) is 2.05. The van der Waals surface area contributed by atoms with Gasteiger partial charge in [-0.05, 0) is 47.1 Å². The monoisotopic (exact) mass is 400 g/mol. The van der Waals surface area contributed by atoms with Crippen molar-refractivity contribution in [2.24, 2.45) is 0 Å². The number of non-ortho nitro benzene ring substituents is 1. The van der Waals surface area contributed by atoms with E-state index in [9.17, 15) is 19.7 Å². The fourth-order valence-corrected chi connectivity index (χ4v) is 2.30. The summed E-state index contributed by atoms with van der Waals surface area (Å²) in [5, 5.41) is 13.4. The van der Waals surface area contributed by atoms with Gasteiger partial charge in [0.05, 0.1) is 9.95 Å². The first-order chi connectivity index (χ1) is 12.2. The second-order valence-corrected chi connectivity index (χ2v) is 8.38. The molecule has 0 bridgehead atoms. The Kier molecular flexibility index (Phi) is 7.19. The number of ether oxygens (including phenoxy) is 2. The molecule has 1 aromatic carbocycles. The van der Waals surface area contributed by atoms with Crippen LogP contribution in [0.4, 0.5) is 10.5 Å². The Morgan fingerprint density at radius 1 is 1.15 bits per heavy atom. The third-order valence-corrected chi connectivity index (χ3v) is 3.41. The van der Waals surface area contributed by atoms with Gasteiger partial charge in [-0.2, -0.15) is 0 Å². The van der Waals surface area contributed by atoms with Crippen molar-refractivity contribution in [1.82, 2.24) is 5.32 Å². The SMILES string of the molecule is CC(C)(C)OC(=O)N[C@@H](Cc1ccc([N+](=O)[O-])cc1Cl)C(=O)OC(C)(C)C. The van der Waals surface area contributed by atoms with Crippen LogP contribution >= 0.6 is 11.6 Å². The molecule has 0 saturated carbocycles. The van der Waals surface area contributed by atoms with Crippen molar-refractivity contribution in [3.8, 4) is 0 Å². The Morgan fingerprint density at radius 3 is 2.15 bits per heavy atom. The fraction of sp³-hybridized carbons (Fsp3) is 0.556. The van der Waals surface area contributed by atoms with Crippen molar-refractivity contribution in [1.29, 1.82) is 0 Å². The molecule has 0 heterocycles. The van der Waals surface area contributed by atoms with Crippen LogP contribution in [-0.2, 0) is 20.7 Å². The highest BCUT2D eigenvalue weighted by molar-refractivity contribution is 6.31. The molecule has 150 valence electrons. The van der Waals surface area contributed by atoms with E-state index in [1.807, 2.05) is 0 Å². The number of nitro groups is 1. The van der Waals surface area contributed by atoms with Gasteiger partial charge in [0.25, 0.3) is 5.69 Å². The Morgan fingerprint density at radius 2 is 1.70 bits per heavy atom. The van der Waals surface area contributed by atoms with Crippen LogP contribution in [0.15, 0.2) is 18.2 Å². The zero-order chi connectivity index (χ0) is 21.0. The van der Waals surface area contributed by atoms with Gasteiger partial charge >= 0.3 is 12.1 Å². The average molecular weight is 401 g/mol. The number of hydrogen-bond acceptors (Lipinski definition) is 6. The van der Waals surface area contributed by atoms with Crippen molar-refractivity contribution in [3.63, 3.8) is 0 Å². The molecule has 0 aliphatic carbocycles. The highest BCUT2D eigenvalue weighted by atomic mass is 35.5. The molecule has 8 nitrogen and oxygen atoms in total. The number of rotatable bonds is 5. The Balaban J connectivity index is 3.05. The van der Waals surface area contributed by atoms with Gasteiger partial charge in [0.2, 0.25) is 0 Å². The average Bonchev–Trinajstić information content (AvgIpc) is 2.44. The van der Waals surface area contributed by atoms with E-state index in [2.05, 4.69) is 5.32 Å². The number of benzene rings is 1. The Labute approximate surface area is 163 Å². The predicted octanol–water partition coefficient (Wildman–Crippen LogP) is 4.03. The third kappa shape index (κ3) is 8.25. The van der Waals surface area contributed by atoms with Crippen LogP contribution in [0.3, 0.4) is 0 Å². The van der Waals surface area contributed by atoms with Crippen LogP contribution in [0.1, 0.15) is 47.1 Å². The number of esters is 1. The quantitative estimate of drug-likeness (QED) is 0.454. The smallest absolute Gasteiger partial charge is 0.408 e. The molecule has 9 heteroatoms. The summed E-state index contributed by atoms with van der Waals surface area (Å²) < 4.78 is 10.5. The summed E-state index contributed by atoms with van der Waals surface area (Å²) in [6, 6.07) is 2.84. The highest BCUT2D eigenvalue weighted by Gasteiger charge is 2.29. The van der Waals surface area contributed by atoms with Gasteiger partial charge in [-0.3, -0.25) is 10.1 Å². The molecule has 0 aromatic heterocycles. The first kappa shape index (κ1) is 22.7. The van der Waals surface area contributed by atoms with Crippen LogP contribution in [-0.4, -0.2) is 34.2 Å². The van der Waals surface area contributed by atoms with Crippen LogP contribution < -0.4 is 5.32 Å². The maximum atomic E-state index is 12.5. The molecule has 0 unspecified atom stereocenters. The number of nitro benzene ring substituents is 1. The van der Waals surface area contributed by atoms with E-state index in [1.54, 1.807) is 41.5 Å². The van der Waals surface area contributed by atoms with Gasteiger partial charge in [-0.15, -0.1) is 0 Å². The van der Waals surface area contributed by atoms with Crippen molar-refractivity contribution in [2.45, 2.75) is 65.2 Å². The number of nitrogens with one attached hydrogen (secondary N) is 1. The number of hydrogen-bond donors (Lipinski definition) is 1. The first-order valence-corrected chi connectivity index (χ1v) is 8.71. The summed E-state index contributed by atoms with van der Waals surface area (Å²) in [5.74, 6) is -0.664. The van der Waals surface area contributed by atoms with E-state index in [-0.39, 0.29) is 17.1 Å². The lowest BCUT2D eigenvalue weighted by Gasteiger charge is -2.26. The number of nitrogens with zero attached hydrogens (tertiary/aromatic N) is 1. The second-order valence-electron chi connectivity index (χ2n) is 7.97. The van der Waals surface area contributed by atoms with Crippen molar-refractivity contribution in [3.05, 3.63) is 38.9 Å². The lowest BCUT2D eigenvalue weighted by Crippen LogP contribution is -2.47. The van der Waals surface area contributed by atoms with Crippen LogP contribution in [0.25, 0.3) is 0 Å². The first-order valence-electron chi connectivity index (χ1n) is 8.33. The molecule has 0 fully saturated rings. The van der Waals surface area contributed by atoms with Crippen molar-refractivity contribution >= 4 is 29.4 Å². The molecule has 0 radical (unpaired) electrons. The standard InChI is InChI=1S/C18H25ClN2O6/c1-17(2,3)26-15(22)14(20-16(23)27-18(4,5)6)9-11-7-8-12(21(24)25)10-13(11)19/h7-8,10,14H,9H2,1-6H3,(H,20,23)/t14-/m0/s1. The number of carbonyl (C=O) groups excluding carboxylic acids is 2. The lowest BCUT2D eigenvalue weighted by molar-refractivity contribution is -0.384. The Hall–Kier alpha value is -2.35. The molecule has 1 aromatic rings. The molecule has 0 saturated heterocycles. The summed E-state index contributed by atoms with van der Waals surface area (Å²) in [4.78, 5) is 34.9. The molecule has 0 aliphatic rings. The molecule has 1 amide bonds. The minimum Gasteiger partial charge on any atom is -0.458 e. The van der Waals surface area contributed by atoms with E-state index in [4.69, 9.17) is 21.1 Å². The molecular weight excluding hydrogens is 376 g/mol. The van der Waals surface area contributed by atoms with E-state index in [1.165, 1.54) is 18.2 Å². The molecule has 27 heavy (non-hydrogen) atoms. The summed E-state index contributed by atoms with van der Waals surface area (Å²) in [7, 11) is 0. The molecule has 1 N–H and O–H groups in total. The predicted molar refractivity (Wildman–Crippen MR) is 101 cm³/mol. The minimum absolute atomic E-state index is 0.00894. The van der Waals surface area contributed by atoms with Gasteiger partial charge in [-0.1, -0.05) is 17.7 Å². The minimum atomic E-state index is -1.07. The van der Waals surface area contributed by atoms with E-state index >= 15 is 0 Å².